The molecule has 1 aromatic carbocycles. The van der Waals surface area contributed by atoms with Gasteiger partial charge in [-0.15, -0.1) is 0 Å². The summed E-state index contributed by atoms with van der Waals surface area (Å²) in [6.07, 6.45) is -0.901. The van der Waals surface area contributed by atoms with Crippen LogP contribution in [0.3, 0.4) is 0 Å². The maximum absolute atomic E-state index is 13.4. The first-order chi connectivity index (χ1) is 10.6. The van der Waals surface area contributed by atoms with E-state index in [2.05, 4.69) is 5.32 Å². The zero-order chi connectivity index (χ0) is 17.6. The fraction of sp³-hybridized carbons (Fsp3) is 0.467. The molecule has 1 aromatic rings. The Labute approximate surface area is 132 Å². The lowest BCUT2D eigenvalue weighted by Gasteiger charge is -2.22. The van der Waals surface area contributed by atoms with Gasteiger partial charge in [0, 0.05) is 11.6 Å². The lowest BCUT2D eigenvalue weighted by Crippen LogP contribution is -2.46. The number of nitrogens with one attached hydrogen (secondary N) is 1. The van der Waals surface area contributed by atoms with E-state index in [4.69, 9.17) is 14.6 Å². The van der Waals surface area contributed by atoms with Crippen molar-refractivity contribution in [2.24, 2.45) is 0 Å². The summed E-state index contributed by atoms with van der Waals surface area (Å²) in [5, 5.41) is 11.2. The first-order valence-electron chi connectivity index (χ1n) is 6.82. The highest BCUT2D eigenvalue weighted by molar-refractivity contribution is 5.80. The number of benzene rings is 1. The van der Waals surface area contributed by atoms with Crippen LogP contribution in [0.5, 0.6) is 0 Å². The van der Waals surface area contributed by atoms with E-state index in [0.717, 1.165) is 6.07 Å². The van der Waals surface area contributed by atoms with Crippen LogP contribution in [-0.2, 0) is 20.9 Å². The van der Waals surface area contributed by atoms with Gasteiger partial charge in [-0.2, -0.15) is 0 Å². The molecule has 128 valence electrons. The third kappa shape index (κ3) is 7.05. The highest BCUT2D eigenvalue weighted by atomic mass is 19.1. The number of halogens is 2. The second-order valence-electron chi connectivity index (χ2n) is 5.79. The zero-order valence-corrected chi connectivity index (χ0v) is 13.1. The predicted molar refractivity (Wildman–Crippen MR) is 76.8 cm³/mol. The normalized spacial score (nSPS) is 12.6. The van der Waals surface area contributed by atoms with E-state index in [0.29, 0.717) is 6.07 Å². The molecule has 0 aliphatic carbocycles. The van der Waals surface area contributed by atoms with Gasteiger partial charge in [-0.05, 0) is 26.8 Å². The summed E-state index contributed by atoms with van der Waals surface area (Å²) in [5.74, 6) is -2.84. The molecule has 6 nitrogen and oxygen atoms in total. The van der Waals surface area contributed by atoms with Gasteiger partial charge in [0.05, 0.1) is 13.2 Å². The number of carbonyl (C=O) groups excluding carboxylic acids is 1. The van der Waals surface area contributed by atoms with E-state index in [-0.39, 0.29) is 12.2 Å². The molecule has 1 unspecified atom stereocenters. The van der Waals surface area contributed by atoms with Crippen LogP contribution in [0.1, 0.15) is 26.3 Å². The minimum Gasteiger partial charge on any atom is -0.480 e. The molecular weight excluding hydrogens is 312 g/mol. The Hall–Kier alpha value is -2.22. The van der Waals surface area contributed by atoms with Crippen molar-refractivity contribution >= 4 is 12.1 Å². The Kier molecular flexibility index (Phi) is 6.44. The van der Waals surface area contributed by atoms with Crippen molar-refractivity contribution < 1.29 is 33.0 Å². The van der Waals surface area contributed by atoms with Crippen molar-refractivity contribution in [3.63, 3.8) is 0 Å². The second kappa shape index (κ2) is 7.87. The quantitative estimate of drug-likeness (QED) is 0.836. The molecule has 0 fully saturated rings. The predicted octanol–water partition coefficient (Wildman–Crippen LogP) is 2.46. The Morgan fingerprint density at radius 1 is 1.30 bits per heavy atom. The Balaban J connectivity index is 2.53. The summed E-state index contributed by atoms with van der Waals surface area (Å²) in [5.41, 5.74) is -0.696. The molecule has 0 aliphatic heterocycles. The maximum atomic E-state index is 13.4. The number of hydrogen-bond acceptors (Lipinski definition) is 4. The van der Waals surface area contributed by atoms with Crippen LogP contribution >= 0.6 is 0 Å². The molecule has 1 atom stereocenters. The van der Waals surface area contributed by atoms with Crippen molar-refractivity contribution in [3.8, 4) is 0 Å². The van der Waals surface area contributed by atoms with Gasteiger partial charge in [-0.3, -0.25) is 0 Å². The highest BCUT2D eigenvalue weighted by Gasteiger charge is 2.24. The van der Waals surface area contributed by atoms with Crippen LogP contribution in [0.2, 0.25) is 0 Å². The topological polar surface area (TPSA) is 84.9 Å². The van der Waals surface area contributed by atoms with Crippen LogP contribution in [0.15, 0.2) is 18.2 Å². The minimum absolute atomic E-state index is 0.0767. The largest absolute Gasteiger partial charge is 0.480 e. The Morgan fingerprint density at radius 2 is 1.96 bits per heavy atom. The minimum atomic E-state index is -1.35. The van der Waals surface area contributed by atoms with Gasteiger partial charge in [-0.1, -0.05) is 6.07 Å². The van der Waals surface area contributed by atoms with Crippen LogP contribution in [0.25, 0.3) is 0 Å². The number of carboxylic acid groups (broad SMARTS) is 1. The van der Waals surface area contributed by atoms with Crippen molar-refractivity contribution in [3.05, 3.63) is 35.4 Å². The molecule has 0 aliphatic rings. The van der Waals surface area contributed by atoms with E-state index in [1.165, 1.54) is 6.07 Å². The summed E-state index contributed by atoms with van der Waals surface area (Å²) < 4.78 is 36.2. The van der Waals surface area contributed by atoms with Crippen molar-refractivity contribution in [1.82, 2.24) is 5.32 Å². The number of aliphatic carboxylic acids is 1. The molecule has 0 radical (unpaired) electrons. The van der Waals surface area contributed by atoms with Gasteiger partial charge >= 0.3 is 12.1 Å². The summed E-state index contributed by atoms with van der Waals surface area (Å²) in [6, 6.07) is 1.61. The van der Waals surface area contributed by atoms with E-state index >= 15 is 0 Å². The number of hydrogen-bond donors (Lipinski definition) is 2. The van der Waals surface area contributed by atoms with Gasteiger partial charge in [0.15, 0.2) is 6.04 Å². The van der Waals surface area contributed by atoms with E-state index in [1.807, 2.05) is 0 Å². The van der Waals surface area contributed by atoms with E-state index < -0.39 is 41.9 Å². The smallest absolute Gasteiger partial charge is 0.408 e. The highest BCUT2D eigenvalue weighted by Crippen LogP contribution is 2.11. The maximum Gasteiger partial charge on any atom is 0.408 e. The molecule has 2 N–H and O–H groups in total. The molecule has 0 bridgehead atoms. The fourth-order valence-electron chi connectivity index (χ4n) is 1.55. The number of carboxylic acids is 1. The summed E-state index contributed by atoms with van der Waals surface area (Å²) in [6.45, 7) is 4.25. The molecule has 0 saturated heterocycles. The number of rotatable bonds is 6. The fourth-order valence-corrected chi connectivity index (χ4v) is 1.55. The second-order valence-corrected chi connectivity index (χ2v) is 5.79. The SMILES string of the molecule is CC(C)(C)OC(=O)NC(COCc1ccc(F)cc1F)C(=O)O. The van der Waals surface area contributed by atoms with Gasteiger partial charge in [0.25, 0.3) is 0 Å². The van der Waals surface area contributed by atoms with Gasteiger partial charge in [-0.25, -0.2) is 18.4 Å². The lowest BCUT2D eigenvalue weighted by atomic mass is 10.2. The van der Waals surface area contributed by atoms with Crippen molar-refractivity contribution in [2.75, 3.05) is 6.61 Å². The number of ether oxygens (including phenoxy) is 2. The van der Waals surface area contributed by atoms with Crippen LogP contribution in [0.4, 0.5) is 13.6 Å². The number of amides is 1. The molecule has 23 heavy (non-hydrogen) atoms. The summed E-state index contributed by atoms with van der Waals surface area (Å²) in [7, 11) is 0. The summed E-state index contributed by atoms with van der Waals surface area (Å²) in [4.78, 5) is 22.6. The van der Waals surface area contributed by atoms with E-state index in [9.17, 15) is 18.4 Å². The van der Waals surface area contributed by atoms with Gasteiger partial charge in [0.2, 0.25) is 0 Å². The zero-order valence-electron chi connectivity index (χ0n) is 13.1. The molecular formula is C15H19F2NO5. The van der Waals surface area contributed by atoms with Crippen molar-refractivity contribution in [2.45, 2.75) is 39.0 Å². The third-order valence-corrected chi connectivity index (χ3v) is 2.55. The third-order valence-electron chi connectivity index (χ3n) is 2.55. The molecule has 8 heteroatoms. The first kappa shape index (κ1) is 18.8. The molecule has 0 saturated carbocycles. The molecule has 0 spiro atoms. The number of alkyl carbamates (subject to hydrolysis) is 1. The van der Waals surface area contributed by atoms with E-state index in [1.54, 1.807) is 20.8 Å². The first-order valence-corrected chi connectivity index (χ1v) is 6.82. The molecule has 1 rings (SSSR count). The molecule has 1 amide bonds. The Bertz CT molecular complexity index is 571. The van der Waals surface area contributed by atoms with Crippen LogP contribution in [0, 0.1) is 11.6 Å². The average molecular weight is 331 g/mol. The van der Waals surface area contributed by atoms with Crippen LogP contribution in [-0.4, -0.2) is 35.4 Å². The standard InChI is InChI=1S/C15H19F2NO5/c1-15(2,3)23-14(21)18-12(13(19)20)8-22-7-9-4-5-10(16)6-11(9)17/h4-6,12H,7-8H2,1-3H3,(H,18,21)(H,19,20). The number of carbonyl (C=O) groups is 2. The Morgan fingerprint density at radius 3 is 2.48 bits per heavy atom. The van der Waals surface area contributed by atoms with Gasteiger partial charge in [0.1, 0.15) is 17.2 Å². The molecule has 0 heterocycles. The lowest BCUT2D eigenvalue weighted by molar-refractivity contribution is -0.141. The van der Waals surface area contributed by atoms with Crippen molar-refractivity contribution in [1.29, 1.82) is 0 Å². The monoisotopic (exact) mass is 331 g/mol. The average Bonchev–Trinajstić information content (AvgIpc) is 2.37. The summed E-state index contributed by atoms with van der Waals surface area (Å²) >= 11 is 0. The van der Waals surface area contributed by atoms with Gasteiger partial charge < -0.3 is 19.9 Å². The van der Waals surface area contributed by atoms with Crippen LogP contribution < -0.4 is 5.32 Å². The molecule has 0 aromatic heterocycles.